The molecule has 0 saturated carbocycles. The number of nitrogen functional groups attached to an aromatic ring is 1. The molecule has 1 aliphatic rings. The molecular formula is C21H26N4OS. The zero-order chi connectivity index (χ0) is 19.6. The van der Waals surface area contributed by atoms with Crippen molar-refractivity contribution in [2.75, 3.05) is 30.4 Å². The van der Waals surface area contributed by atoms with Crippen molar-refractivity contribution in [1.29, 1.82) is 5.26 Å². The lowest BCUT2D eigenvalue weighted by Crippen LogP contribution is -2.45. The summed E-state index contributed by atoms with van der Waals surface area (Å²) in [7, 11) is 0. The number of piperidine rings is 1. The van der Waals surface area contributed by atoms with Crippen molar-refractivity contribution in [1.82, 2.24) is 5.01 Å². The van der Waals surface area contributed by atoms with Crippen LogP contribution >= 0.6 is 11.3 Å². The highest BCUT2D eigenvalue weighted by Gasteiger charge is 2.28. The number of thiophene rings is 1. The van der Waals surface area contributed by atoms with E-state index in [4.69, 9.17) is 5.73 Å². The number of hydrogen-bond acceptors (Lipinski definition) is 6. The van der Waals surface area contributed by atoms with Crippen molar-refractivity contribution < 1.29 is 4.79 Å². The number of carbonyl (C=O) groups is 1. The van der Waals surface area contributed by atoms with E-state index in [1.165, 1.54) is 17.8 Å². The summed E-state index contributed by atoms with van der Waals surface area (Å²) in [5, 5.41) is 14.9. The summed E-state index contributed by atoms with van der Waals surface area (Å²) in [5.74, 6) is -0.104. The van der Waals surface area contributed by atoms with Crippen LogP contribution in [-0.4, -0.2) is 30.4 Å². The van der Waals surface area contributed by atoms with Gasteiger partial charge in [0.15, 0.2) is 0 Å². The number of hydrazine groups is 1. The fourth-order valence-electron chi connectivity index (χ4n) is 3.67. The average molecular weight is 383 g/mol. The monoisotopic (exact) mass is 382 g/mol. The van der Waals surface area contributed by atoms with Crippen LogP contribution in [0.1, 0.15) is 58.1 Å². The van der Waals surface area contributed by atoms with Crippen LogP contribution in [0.5, 0.6) is 0 Å². The van der Waals surface area contributed by atoms with E-state index in [9.17, 15) is 10.1 Å². The quantitative estimate of drug-likeness (QED) is 0.782. The van der Waals surface area contributed by atoms with E-state index in [0.717, 1.165) is 48.6 Å². The Labute approximate surface area is 165 Å². The van der Waals surface area contributed by atoms with Gasteiger partial charge in [-0.15, -0.1) is 11.3 Å². The van der Waals surface area contributed by atoms with Crippen LogP contribution in [0.15, 0.2) is 18.2 Å². The lowest BCUT2D eigenvalue weighted by molar-refractivity contribution is 0.104. The van der Waals surface area contributed by atoms with E-state index >= 15 is 0 Å². The van der Waals surface area contributed by atoms with Gasteiger partial charge >= 0.3 is 0 Å². The SMILES string of the molecule is CCN(c1sc(C(=O)c2ccc(C)cc2C)c(N)c1C#N)N1CCCCC1. The second-order valence-corrected chi connectivity index (χ2v) is 8.01. The first kappa shape index (κ1) is 19.4. The number of nitriles is 1. The van der Waals surface area contributed by atoms with Crippen LogP contribution in [0.25, 0.3) is 0 Å². The fourth-order valence-corrected chi connectivity index (χ4v) is 4.89. The molecule has 2 heterocycles. The predicted octanol–water partition coefficient (Wildman–Crippen LogP) is 4.28. The molecule has 142 valence electrons. The Morgan fingerprint density at radius 1 is 1.30 bits per heavy atom. The first-order valence-corrected chi connectivity index (χ1v) is 10.3. The van der Waals surface area contributed by atoms with Gasteiger partial charge in [0.2, 0.25) is 5.78 Å². The molecule has 0 radical (unpaired) electrons. The zero-order valence-corrected chi connectivity index (χ0v) is 17.0. The Hall–Kier alpha value is -2.36. The number of benzene rings is 1. The van der Waals surface area contributed by atoms with E-state index in [1.54, 1.807) is 0 Å². The maximum Gasteiger partial charge on any atom is 0.205 e. The molecule has 1 fully saturated rings. The highest BCUT2D eigenvalue weighted by atomic mass is 32.1. The number of anilines is 2. The van der Waals surface area contributed by atoms with E-state index in [2.05, 4.69) is 23.0 Å². The number of nitrogens with zero attached hydrogens (tertiary/aromatic N) is 3. The van der Waals surface area contributed by atoms with Crippen molar-refractivity contribution >= 4 is 27.8 Å². The van der Waals surface area contributed by atoms with Gasteiger partial charge in [0.05, 0.1) is 5.69 Å². The number of hydrogen-bond donors (Lipinski definition) is 1. The Bertz CT molecular complexity index is 890. The van der Waals surface area contributed by atoms with Crippen LogP contribution in [-0.2, 0) is 0 Å². The Kier molecular flexibility index (Phi) is 5.83. The summed E-state index contributed by atoms with van der Waals surface area (Å²) in [6.07, 6.45) is 3.53. The number of nitrogens with two attached hydrogens (primary N) is 1. The Morgan fingerprint density at radius 3 is 2.59 bits per heavy atom. The van der Waals surface area contributed by atoms with Crippen molar-refractivity contribution in [3.63, 3.8) is 0 Å². The van der Waals surface area contributed by atoms with E-state index in [-0.39, 0.29) is 5.78 Å². The largest absolute Gasteiger partial charge is 0.396 e. The number of ketones is 1. The molecule has 0 bridgehead atoms. The van der Waals surface area contributed by atoms with Crippen molar-refractivity contribution in [3.8, 4) is 6.07 Å². The molecule has 1 aromatic heterocycles. The van der Waals surface area contributed by atoms with Crippen molar-refractivity contribution in [2.24, 2.45) is 0 Å². The molecule has 27 heavy (non-hydrogen) atoms. The Morgan fingerprint density at radius 2 is 2.00 bits per heavy atom. The minimum Gasteiger partial charge on any atom is -0.396 e. The minimum absolute atomic E-state index is 0.104. The van der Waals surface area contributed by atoms with Crippen LogP contribution in [0.2, 0.25) is 0 Å². The molecule has 0 atom stereocenters. The summed E-state index contributed by atoms with van der Waals surface area (Å²) in [6, 6.07) is 8.01. The third-order valence-corrected chi connectivity index (χ3v) is 6.30. The third-order valence-electron chi connectivity index (χ3n) is 5.08. The second-order valence-electron chi connectivity index (χ2n) is 7.01. The topological polar surface area (TPSA) is 73.4 Å². The summed E-state index contributed by atoms with van der Waals surface area (Å²) >= 11 is 1.34. The highest BCUT2D eigenvalue weighted by molar-refractivity contribution is 7.19. The third kappa shape index (κ3) is 3.71. The molecule has 0 amide bonds. The van der Waals surface area contributed by atoms with E-state index < -0.39 is 0 Å². The number of aryl methyl sites for hydroxylation is 2. The average Bonchev–Trinajstić information content (AvgIpc) is 2.99. The smallest absolute Gasteiger partial charge is 0.205 e. The number of carbonyl (C=O) groups excluding carboxylic acids is 1. The van der Waals surface area contributed by atoms with Gasteiger partial charge in [-0.3, -0.25) is 9.80 Å². The summed E-state index contributed by atoms with van der Waals surface area (Å²) in [6.45, 7) is 8.68. The molecule has 2 N–H and O–H groups in total. The lowest BCUT2D eigenvalue weighted by atomic mass is 10.0. The first-order chi connectivity index (χ1) is 13.0. The summed E-state index contributed by atoms with van der Waals surface area (Å²) in [4.78, 5) is 13.6. The number of rotatable bonds is 5. The molecular weight excluding hydrogens is 356 g/mol. The second kappa shape index (κ2) is 8.12. The van der Waals surface area contributed by atoms with Crippen LogP contribution in [0.3, 0.4) is 0 Å². The van der Waals surface area contributed by atoms with E-state index in [1.807, 2.05) is 32.0 Å². The van der Waals surface area contributed by atoms with Gasteiger partial charge in [0, 0.05) is 25.2 Å². The minimum atomic E-state index is -0.104. The standard InChI is InChI=1S/C21H26N4OS/c1-4-25(24-10-6-5-7-11-24)21-17(13-22)18(23)20(27-21)19(26)16-9-8-14(2)12-15(16)3/h8-9,12H,4-7,10-11,23H2,1-3H3. The van der Waals surface area contributed by atoms with Crippen molar-refractivity contribution in [3.05, 3.63) is 45.3 Å². The van der Waals surface area contributed by atoms with Crippen molar-refractivity contribution in [2.45, 2.75) is 40.0 Å². The maximum absolute atomic E-state index is 13.2. The first-order valence-electron chi connectivity index (χ1n) is 9.44. The molecule has 1 aromatic carbocycles. The van der Waals surface area contributed by atoms with Gasteiger partial charge in [-0.1, -0.05) is 30.2 Å². The normalized spacial score (nSPS) is 14.7. The van der Waals surface area contributed by atoms with Gasteiger partial charge in [0.1, 0.15) is 21.5 Å². The van der Waals surface area contributed by atoms with Crippen LogP contribution in [0, 0.1) is 25.2 Å². The predicted molar refractivity (Wildman–Crippen MR) is 111 cm³/mol. The van der Waals surface area contributed by atoms with Gasteiger partial charge in [-0.25, -0.2) is 5.01 Å². The van der Waals surface area contributed by atoms with Crippen LogP contribution in [0.4, 0.5) is 10.7 Å². The highest BCUT2D eigenvalue weighted by Crippen LogP contribution is 2.40. The zero-order valence-electron chi connectivity index (χ0n) is 16.2. The molecule has 0 aliphatic carbocycles. The molecule has 5 nitrogen and oxygen atoms in total. The van der Waals surface area contributed by atoms with Gasteiger partial charge in [0.25, 0.3) is 0 Å². The molecule has 0 unspecified atom stereocenters. The van der Waals surface area contributed by atoms with E-state index in [0.29, 0.717) is 21.7 Å². The molecule has 6 heteroatoms. The van der Waals surface area contributed by atoms with Gasteiger partial charge < -0.3 is 5.73 Å². The summed E-state index contributed by atoms with van der Waals surface area (Å²) < 4.78 is 0. The Balaban J connectivity index is 2.03. The lowest BCUT2D eigenvalue weighted by Gasteiger charge is -2.37. The summed E-state index contributed by atoms with van der Waals surface area (Å²) in [5.41, 5.74) is 9.68. The molecule has 1 saturated heterocycles. The molecule has 0 spiro atoms. The fraction of sp³-hybridized carbons (Fsp3) is 0.429. The maximum atomic E-state index is 13.2. The van der Waals surface area contributed by atoms with Crippen LogP contribution < -0.4 is 10.7 Å². The molecule has 1 aliphatic heterocycles. The van der Waals surface area contributed by atoms with Gasteiger partial charge in [-0.05, 0) is 39.2 Å². The molecule has 2 aromatic rings. The van der Waals surface area contributed by atoms with Gasteiger partial charge in [-0.2, -0.15) is 5.26 Å². The molecule has 3 rings (SSSR count).